The zero-order valence-electron chi connectivity index (χ0n) is 16.4. The minimum Gasteiger partial charge on any atom is -0.460 e. The standard InChI is InChI=1S/C18H28F3NO5S/c1-17(2,3)26-16(23)12-13-4-6-14(7-5-13)22-10-8-15(9-11-22)27-28(24,25)18(19,20)21/h8,13-14H,4-7,9-12H2,1-3H3/t13-,14-. The molecule has 1 aliphatic heterocycles. The molecule has 28 heavy (non-hydrogen) atoms. The van der Waals surface area contributed by atoms with Crippen LogP contribution in [-0.4, -0.2) is 49.5 Å². The van der Waals surface area contributed by atoms with Gasteiger partial charge in [0.1, 0.15) is 11.4 Å². The van der Waals surface area contributed by atoms with Crippen LogP contribution in [0.15, 0.2) is 11.8 Å². The molecule has 10 heteroatoms. The number of hydrogen-bond acceptors (Lipinski definition) is 6. The van der Waals surface area contributed by atoms with Gasteiger partial charge in [-0.05, 0) is 58.4 Å². The van der Waals surface area contributed by atoms with E-state index in [2.05, 4.69) is 9.08 Å². The predicted octanol–water partition coefficient (Wildman–Crippen LogP) is 3.73. The topological polar surface area (TPSA) is 72.9 Å². The van der Waals surface area contributed by atoms with Gasteiger partial charge in [-0.2, -0.15) is 21.6 Å². The van der Waals surface area contributed by atoms with Crippen molar-refractivity contribution in [2.45, 2.75) is 76.4 Å². The molecule has 0 aromatic carbocycles. The molecule has 0 bridgehead atoms. The number of carbonyl (C=O) groups is 1. The van der Waals surface area contributed by atoms with E-state index >= 15 is 0 Å². The second kappa shape index (κ2) is 8.61. The van der Waals surface area contributed by atoms with E-state index in [4.69, 9.17) is 4.74 Å². The third-order valence-corrected chi connectivity index (χ3v) is 5.91. The molecule has 0 aromatic heterocycles. The highest BCUT2D eigenvalue weighted by Gasteiger charge is 2.49. The summed E-state index contributed by atoms with van der Waals surface area (Å²) in [6, 6.07) is 0.270. The van der Waals surface area contributed by atoms with Crippen molar-refractivity contribution in [2.24, 2.45) is 5.92 Å². The Morgan fingerprint density at radius 3 is 2.25 bits per heavy atom. The number of alkyl halides is 3. The molecule has 0 radical (unpaired) electrons. The van der Waals surface area contributed by atoms with E-state index in [1.807, 2.05) is 20.8 Å². The van der Waals surface area contributed by atoms with Gasteiger partial charge in [0.2, 0.25) is 0 Å². The van der Waals surface area contributed by atoms with Crippen molar-refractivity contribution >= 4 is 16.1 Å². The average molecular weight is 427 g/mol. The fourth-order valence-corrected chi connectivity index (χ4v) is 4.12. The van der Waals surface area contributed by atoms with Crippen LogP contribution in [-0.2, 0) is 23.8 Å². The van der Waals surface area contributed by atoms with Crippen molar-refractivity contribution in [2.75, 3.05) is 13.1 Å². The van der Waals surface area contributed by atoms with Gasteiger partial charge >= 0.3 is 21.6 Å². The highest BCUT2D eigenvalue weighted by Crippen LogP contribution is 2.33. The molecule has 0 atom stereocenters. The Balaban J connectivity index is 1.79. The Bertz CT molecular complexity index is 689. The average Bonchev–Trinajstić information content (AvgIpc) is 2.53. The molecule has 0 aromatic rings. The Hall–Kier alpha value is -1.29. The fourth-order valence-electron chi connectivity index (χ4n) is 3.59. The van der Waals surface area contributed by atoms with Crippen LogP contribution in [0.3, 0.4) is 0 Å². The number of carbonyl (C=O) groups excluding carboxylic acids is 1. The van der Waals surface area contributed by atoms with Gasteiger partial charge in [0, 0.05) is 32.0 Å². The highest BCUT2D eigenvalue weighted by molar-refractivity contribution is 7.87. The predicted molar refractivity (Wildman–Crippen MR) is 96.5 cm³/mol. The van der Waals surface area contributed by atoms with Crippen LogP contribution < -0.4 is 0 Å². The molecule has 0 amide bonds. The van der Waals surface area contributed by atoms with Gasteiger partial charge in [-0.3, -0.25) is 9.69 Å². The second-order valence-corrected chi connectivity index (χ2v) is 9.90. The van der Waals surface area contributed by atoms with Crippen LogP contribution in [0.1, 0.15) is 59.3 Å². The van der Waals surface area contributed by atoms with E-state index in [-0.39, 0.29) is 30.1 Å². The third kappa shape index (κ3) is 6.65. The van der Waals surface area contributed by atoms with Crippen molar-refractivity contribution in [1.29, 1.82) is 0 Å². The van der Waals surface area contributed by atoms with Gasteiger partial charge in [0.25, 0.3) is 0 Å². The van der Waals surface area contributed by atoms with Gasteiger partial charge in [-0.25, -0.2) is 0 Å². The maximum Gasteiger partial charge on any atom is 0.534 e. The summed E-state index contributed by atoms with van der Waals surface area (Å²) >= 11 is 0. The van der Waals surface area contributed by atoms with Gasteiger partial charge in [-0.1, -0.05) is 0 Å². The molecule has 0 spiro atoms. The molecular weight excluding hydrogens is 399 g/mol. The molecule has 0 saturated heterocycles. The number of nitrogens with zero attached hydrogens (tertiary/aromatic N) is 1. The Morgan fingerprint density at radius 2 is 1.79 bits per heavy atom. The van der Waals surface area contributed by atoms with Crippen LogP contribution in [0.4, 0.5) is 13.2 Å². The fraction of sp³-hybridized carbons (Fsp3) is 0.833. The summed E-state index contributed by atoms with van der Waals surface area (Å²) in [5, 5.41) is 0. The summed E-state index contributed by atoms with van der Waals surface area (Å²) in [6.07, 6.45) is 5.46. The van der Waals surface area contributed by atoms with Crippen LogP contribution in [0.25, 0.3) is 0 Å². The minimum absolute atomic E-state index is 0.118. The summed E-state index contributed by atoms with van der Waals surface area (Å²) in [5.41, 5.74) is -5.91. The van der Waals surface area contributed by atoms with Crippen molar-refractivity contribution in [1.82, 2.24) is 4.90 Å². The van der Waals surface area contributed by atoms with Gasteiger partial charge in [-0.15, -0.1) is 0 Å². The second-order valence-electron chi connectivity index (χ2n) is 8.36. The SMILES string of the molecule is CC(C)(C)OC(=O)C[C@H]1CC[C@H](N2CC=C(OS(=O)(=O)C(F)(F)F)CC2)CC1. The van der Waals surface area contributed by atoms with Crippen molar-refractivity contribution in [3.63, 3.8) is 0 Å². The monoisotopic (exact) mass is 427 g/mol. The van der Waals surface area contributed by atoms with Crippen LogP contribution in [0.5, 0.6) is 0 Å². The molecule has 1 fully saturated rings. The lowest BCUT2D eigenvalue weighted by molar-refractivity contribution is -0.156. The van der Waals surface area contributed by atoms with Crippen LogP contribution in [0.2, 0.25) is 0 Å². The maximum absolute atomic E-state index is 12.4. The normalized spacial score (nSPS) is 25.1. The zero-order valence-corrected chi connectivity index (χ0v) is 17.2. The van der Waals surface area contributed by atoms with E-state index in [0.717, 1.165) is 25.7 Å². The van der Waals surface area contributed by atoms with Gasteiger partial charge in [0.05, 0.1) is 0 Å². The van der Waals surface area contributed by atoms with E-state index in [1.165, 1.54) is 6.08 Å². The van der Waals surface area contributed by atoms with Crippen LogP contribution in [0, 0.1) is 5.92 Å². The van der Waals surface area contributed by atoms with E-state index in [9.17, 15) is 26.4 Å². The third-order valence-electron chi connectivity index (χ3n) is 4.91. The molecule has 6 nitrogen and oxygen atoms in total. The lowest BCUT2D eigenvalue weighted by atomic mass is 9.83. The first-order valence-corrected chi connectivity index (χ1v) is 10.8. The molecule has 1 heterocycles. The molecular formula is C18H28F3NO5S. The van der Waals surface area contributed by atoms with E-state index < -0.39 is 21.2 Å². The highest BCUT2D eigenvalue weighted by atomic mass is 32.2. The minimum atomic E-state index is -5.60. The number of rotatable bonds is 5. The smallest absolute Gasteiger partial charge is 0.460 e. The first kappa shape index (κ1) is 23.0. The summed E-state index contributed by atoms with van der Waals surface area (Å²) in [5.74, 6) is -0.0704. The molecule has 2 aliphatic rings. The Kier molecular flexibility index (Phi) is 7.07. The Labute approximate surface area is 164 Å². The molecule has 0 unspecified atom stereocenters. The zero-order chi connectivity index (χ0) is 21.2. The molecule has 1 saturated carbocycles. The van der Waals surface area contributed by atoms with Gasteiger partial charge in [0.15, 0.2) is 0 Å². The maximum atomic E-state index is 12.4. The first-order valence-electron chi connectivity index (χ1n) is 9.42. The largest absolute Gasteiger partial charge is 0.534 e. The lowest BCUT2D eigenvalue weighted by Gasteiger charge is -2.38. The summed E-state index contributed by atoms with van der Waals surface area (Å²) < 4.78 is 68.9. The number of halogens is 3. The summed E-state index contributed by atoms with van der Waals surface area (Å²) in [7, 11) is -5.60. The van der Waals surface area contributed by atoms with Crippen molar-refractivity contribution in [3.05, 3.63) is 11.8 Å². The molecule has 162 valence electrons. The number of hydrogen-bond donors (Lipinski definition) is 0. The van der Waals surface area contributed by atoms with Gasteiger partial charge < -0.3 is 8.92 Å². The molecule has 2 rings (SSSR count). The van der Waals surface area contributed by atoms with Crippen molar-refractivity contribution < 1.29 is 35.3 Å². The molecule has 1 aliphatic carbocycles. The lowest BCUT2D eigenvalue weighted by Crippen LogP contribution is -2.41. The summed E-state index contributed by atoms with van der Waals surface area (Å²) in [6.45, 7) is 6.31. The van der Waals surface area contributed by atoms with E-state index in [1.54, 1.807) is 0 Å². The van der Waals surface area contributed by atoms with Crippen molar-refractivity contribution in [3.8, 4) is 0 Å². The number of esters is 1. The molecule has 0 N–H and O–H groups in total. The summed E-state index contributed by atoms with van der Waals surface area (Å²) in [4.78, 5) is 14.1. The number of ether oxygens (including phenoxy) is 1. The van der Waals surface area contributed by atoms with Crippen LogP contribution >= 0.6 is 0 Å². The van der Waals surface area contributed by atoms with E-state index in [0.29, 0.717) is 19.5 Å². The quantitative estimate of drug-likeness (QED) is 0.378. The first-order chi connectivity index (χ1) is 12.8. The Morgan fingerprint density at radius 1 is 1.18 bits per heavy atom.